The molecule has 114 valence electrons. The van der Waals surface area contributed by atoms with Crippen molar-refractivity contribution in [3.05, 3.63) is 66.0 Å². The summed E-state index contributed by atoms with van der Waals surface area (Å²) in [6.45, 7) is 0.691. The van der Waals surface area contributed by atoms with Crippen molar-refractivity contribution < 1.29 is 0 Å². The van der Waals surface area contributed by atoms with Crippen LogP contribution >= 0.6 is 0 Å². The third kappa shape index (κ3) is 4.07. The SMILES string of the molecule is CN=C(NCc1ccccn1)NC1CC1Cc1ccccc1. The average molecular weight is 294 g/mol. The second-order valence-corrected chi connectivity index (χ2v) is 5.68. The number of pyridine rings is 1. The standard InChI is InChI=1S/C18H22N4/c1-19-18(21-13-16-9-5-6-10-20-16)22-17-12-15(17)11-14-7-3-2-4-8-14/h2-10,15,17H,11-13H2,1H3,(H2,19,21,22). The summed E-state index contributed by atoms with van der Waals surface area (Å²) in [4.78, 5) is 8.60. The molecule has 2 N–H and O–H groups in total. The molecule has 0 aliphatic heterocycles. The van der Waals surface area contributed by atoms with Crippen LogP contribution in [-0.4, -0.2) is 24.0 Å². The molecule has 0 spiro atoms. The molecular weight excluding hydrogens is 272 g/mol. The van der Waals surface area contributed by atoms with Gasteiger partial charge >= 0.3 is 0 Å². The molecule has 1 fully saturated rings. The Balaban J connectivity index is 1.44. The number of hydrogen-bond acceptors (Lipinski definition) is 2. The van der Waals surface area contributed by atoms with Crippen molar-refractivity contribution in [1.82, 2.24) is 15.6 Å². The van der Waals surface area contributed by atoms with E-state index in [1.807, 2.05) is 31.4 Å². The number of benzene rings is 1. The van der Waals surface area contributed by atoms with Gasteiger partial charge in [-0.25, -0.2) is 0 Å². The minimum absolute atomic E-state index is 0.523. The second kappa shape index (κ2) is 7.07. The van der Waals surface area contributed by atoms with Gasteiger partial charge in [0.1, 0.15) is 0 Å². The van der Waals surface area contributed by atoms with E-state index in [4.69, 9.17) is 0 Å². The van der Waals surface area contributed by atoms with Crippen molar-refractivity contribution >= 4 is 5.96 Å². The summed E-state index contributed by atoms with van der Waals surface area (Å²) in [6.07, 6.45) is 4.15. The molecule has 0 saturated heterocycles. The van der Waals surface area contributed by atoms with Gasteiger partial charge in [-0.1, -0.05) is 36.4 Å². The highest BCUT2D eigenvalue weighted by Crippen LogP contribution is 2.33. The smallest absolute Gasteiger partial charge is 0.191 e. The molecule has 3 rings (SSSR count). The van der Waals surface area contributed by atoms with Crippen molar-refractivity contribution in [2.75, 3.05) is 7.05 Å². The summed E-state index contributed by atoms with van der Waals surface area (Å²) in [5.41, 5.74) is 2.43. The number of aromatic nitrogens is 1. The first-order valence-corrected chi connectivity index (χ1v) is 7.76. The van der Waals surface area contributed by atoms with Gasteiger partial charge < -0.3 is 10.6 Å². The fraction of sp³-hybridized carbons (Fsp3) is 0.333. The number of guanidine groups is 1. The predicted molar refractivity (Wildman–Crippen MR) is 89.6 cm³/mol. The number of hydrogen-bond donors (Lipinski definition) is 2. The van der Waals surface area contributed by atoms with E-state index in [0.29, 0.717) is 18.5 Å². The number of rotatable bonds is 5. The maximum absolute atomic E-state index is 4.31. The molecule has 1 aromatic heterocycles. The van der Waals surface area contributed by atoms with Gasteiger partial charge in [-0.2, -0.15) is 0 Å². The minimum atomic E-state index is 0.523. The zero-order valence-electron chi connectivity index (χ0n) is 12.9. The zero-order valence-corrected chi connectivity index (χ0v) is 12.9. The number of nitrogens with one attached hydrogen (secondary N) is 2. The molecular formula is C18H22N4. The van der Waals surface area contributed by atoms with Gasteiger partial charge in [0.05, 0.1) is 12.2 Å². The van der Waals surface area contributed by atoms with E-state index in [9.17, 15) is 0 Å². The molecule has 4 nitrogen and oxygen atoms in total. The summed E-state index contributed by atoms with van der Waals surface area (Å²) >= 11 is 0. The van der Waals surface area contributed by atoms with Crippen LogP contribution in [0.1, 0.15) is 17.7 Å². The average Bonchev–Trinajstić information content (AvgIpc) is 3.30. The molecule has 1 saturated carbocycles. The third-order valence-corrected chi connectivity index (χ3v) is 3.97. The fourth-order valence-electron chi connectivity index (χ4n) is 2.61. The van der Waals surface area contributed by atoms with Crippen LogP contribution in [0.2, 0.25) is 0 Å². The third-order valence-electron chi connectivity index (χ3n) is 3.97. The molecule has 2 atom stereocenters. The summed E-state index contributed by atoms with van der Waals surface area (Å²) < 4.78 is 0. The molecule has 1 aromatic carbocycles. The zero-order chi connectivity index (χ0) is 15.2. The van der Waals surface area contributed by atoms with E-state index < -0.39 is 0 Å². The largest absolute Gasteiger partial charge is 0.353 e. The van der Waals surface area contributed by atoms with Crippen LogP contribution < -0.4 is 10.6 Å². The lowest BCUT2D eigenvalue weighted by Crippen LogP contribution is -2.39. The Bertz CT molecular complexity index is 609. The van der Waals surface area contributed by atoms with Crippen LogP contribution in [0.3, 0.4) is 0 Å². The van der Waals surface area contributed by atoms with E-state index in [2.05, 4.69) is 50.9 Å². The van der Waals surface area contributed by atoms with Crippen LogP contribution in [0.4, 0.5) is 0 Å². The summed E-state index contributed by atoms with van der Waals surface area (Å²) in [7, 11) is 1.81. The topological polar surface area (TPSA) is 49.3 Å². The van der Waals surface area contributed by atoms with Crippen LogP contribution in [0, 0.1) is 5.92 Å². The normalized spacial score (nSPS) is 20.5. The first-order chi connectivity index (χ1) is 10.8. The van der Waals surface area contributed by atoms with Crippen molar-refractivity contribution in [1.29, 1.82) is 0 Å². The van der Waals surface area contributed by atoms with E-state index in [-0.39, 0.29) is 0 Å². The molecule has 22 heavy (non-hydrogen) atoms. The van der Waals surface area contributed by atoms with E-state index in [0.717, 1.165) is 18.1 Å². The first-order valence-electron chi connectivity index (χ1n) is 7.76. The quantitative estimate of drug-likeness (QED) is 0.657. The van der Waals surface area contributed by atoms with Gasteiger partial charge in [-0.3, -0.25) is 9.98 Å². The molecule has 2 unspecified atom stereocenters. The Morgan fingerprint density at radius 2 is 2.00 bits per heavy atom. The van der Waals surface area contributed by atoms with E-state index in [1.165, 1.54) is 12.0 Å². The van der Waals surface area contributed by atoms with Gasteiger partial charge in [-0.15, -0.1) is 0 Å². The maximum atomic E-state index is 4.31. The Labute approximate surface area is 131 Å². The van der Waals surface area contributed by atoms with Gasteiger partial charge in [0, 0.05) is 19.3 Å². The summed E-state index contributed by atoms with van der Waals surface area (Å²) in [5, 5.41) is 6.81. The number of nitrogens with zero attached hydrogens (tertiary/aromatic N) is 2. The lowest BCUT2D eigenvalue weighted by molar-refractivity contribution is 0.718. The minimum Gasteiger partial charge on any atom is -0.353 e. The molecule has 1 heterocycles. The molecule has 0 bridgehead atoms. The lowest BCUT2D eigenvalue weighted by Gasteiger charge is -2.11. The Kier molecular flexibility index (Phi) is 4.68. The molecule has 1 aliphatic carbocycles. The molecule has 0 radical (unpaired) electrons. The van der Waals surface area contributed by atoms with Gasteiger partial charge in [-0.05, 0) is 36.5 Å². The van der Waals surface area contributed by atoms with Crippen molar-refractivity contribution in [2.24, 2.45) is 10.9 Å². The van der Waals surface area contributed by atoms with Crippen molar-refractivity contribution in [3.63, 3.8) is 0 Å². The summed E-state index contributed by atoms with van der Waals surface area (Å²) in [5.74, 6) is 1.56. The Morgan fingerprint density at radius 1 is 1.18 bits per heavy atom. The van der Waals surface area contributed by atoms with Crippen LogP contribution in [-0.2, 0) is 13.0 Å². The van der Waals surface area contributed by atoms with Gasteiger partial charge in [0.25, 0.3) is 0 Å². The van der Waals surface area contributed by atoms with Gasteiger partial charge in [0.2, 0.25) is 0 Å². The highest BCUT2D eigenvalue weighted by molar-refractivity contribution is 5.80. The molecule has 4 heteroatoms. The second-order valence-electron chi connectivity index (χ2n) is 5.68. The highest BCUT2D eigenvalue weighted by Gasteiger charge is 2.37. The van der Waals surface area contributed by atoms with Crippen LogP contribution in [0.15, 0.2) is 59.7 Å². The maximum Gasteiger partial charge on any atom is 0.191 e. The molecule has 2 aromatic rings. The Hall–Kier alpha value is -2.36. The van der Waals surface area contributed by atoms with Gasteiger partial charge in [0.15, 0.2) is 5.96 Å². The molecule has 1 aliphatic rings. The number of aliphatic imine (C=N–C) groups is 1. The van der Waals surface area contributed by atoms with E-state index >= 15 is 0 Å². The first kappa shape index (κ1) is 14.6. The highest BCUT2D eigenvalue weighted by atomic mass is 15.2. The monoisotopic (exact) mass is 294 g/mol. The molecule has 0 amide bonds. The fourth-order valence-corrected chi connectivity index (χ4v) is 2.61. The van der Waals surface area contributed by atoms with Crippen molar-refractivity contribution in [2.45, 2.75) is 25.4 Å². The van der Waals surface area contributed by atoms with E-state index in [1.54, 1.807) is 0 Å². The Morgan fingerprint density at radius 3 is 2.73 bits per heavy atom. The lowest BCUT2D eigenvalue weighted by atomic mass is 10.1. The van der Waals surface area contributed by atoms with Crippen LogP contribution in [0.25, 0.3) is 0 Å². The van der Waals surface area contributed by atoms with Crippen molar-refractivity contribution in [3.8, 4) is 0 Å². The van der Waals surface area contributed by atoms with Crippen LogP contribution in [0.5, 0.6) is 0 Å². The summed E-state index contributed by atoms with van der Waals surface area (Å²) in [6, 6.07) is 17.1. The predicted octanol–water partition coefficient (Wildman–Crippen LogP) is 2.38.